The number of benzene rings is 1. The highest BCUT2D eigenvalue weighted by Gasteiger charge is 2.42. The maximum Gasteiger partial charge on any atom is 0.412 e. The van der Waals surface area contributed by atoms with Crippen LogP contribution in [0.2, 0.25) is 5.15 Å². The van der Waals surface area contributed by atoms with E-state index in [2.05, 4.69) is 4.98 Å². The number of halogens is 4. The number of amides is 1. The minimum atomic E-state index is -4.63. The molecule has 1 N–H and O–H groups in total. The van der Waals surface area contributed by atoms with Crippen molar-refractivity contribution in [1.29, 1.82) is 0 Å². The Balaban J connectivity index is 2.32. The minimum Gasteiger partial charge on any atom is -0.363 e. The molecule has 0 saturated carbocycles. The van der Waals surface area contributed by atoms with E-state index in [9.17, 15) is 18.0 Å². The van der Waals surface area contributed by atoms with Crippen LogP contribution in [0.15, 0.2) is 42.5 Å². The van der Waals surface area contributed by atoms with Crippen LogP contribution in [0.1, 0.15) is 22.0 Å². The van der Waals surface area contributed by atoms with Crippen molar-refractivity contribution in [1.82, 2.24) is 10.3 Å². The van der Waals surface area contributed by atoms with Gasteiger partial charge in [-0.2, -0.15) is 13.2 Å². The standard InChI is InChI=1S/C16H15ClF3N3O/c1-23(2)13-9-11(8-12(17)21-13)15(24)22-14(16(18,19)20)10-6-4-3-5-7-10/h3-9,14H,1-2H3,(H,22,24)/t14-/m0/s1. The molecule has 128 valence electrons. The molecule has 0 unspecified atom stereocenters. The third-order valence-electron chi connectivity index (χ3n) is 3.24. The van der Waals surface area contributed by atoms with Gasteiger partial charge in [0, 0.05) is 19.7 Å². The van der Waals surface area contributed by atoms with Crippen molar-refractivity contribution in [3.8, 4) is 0 Å². The zero-order valence-corrected chi connectivity index (χ0v) is 13.7. The van der Waals surface area contributed by atoms with E-state index >= 15 is 0 Å². The smallest absolute Gasteiger partial charge is 0.363 e. The number of alkyl halides is 3. The Labute approximate surface area is 142 Å². The van der Waals surface area contributed by atoms with Gasteiger partial charge in [-0.1, -0.05) is 41.9 Å². The molecule has 2 aromatic rings. The molecular weight excluding hydrogens is 343 g/mol. The molecule has 0 fully saturated rings. The molecule has 0 radical (unpaired) electrons. The molecule has 0 aliphatic carbocycles. The highest BCUT2D eigenvalue weighted by Crippen LogP contribution is 2.33. The van der Waals surface area contributed by atoms with Gasteiger partial charge in [0.25, 0.3) is 5.91 Å². The van der Waals surface area contributed by atoms with Crippen LogP contribution in [-0.2, 0) is 0 Å². The number of nitrogens with one attached hydrogen (secondary N) is 1. The zero-order chi connectivity index (χ0) is 17.9. The van der Waals surface area contributed by atoms with Gasteiger partial charge in [-0.15, -0.1) is 0 Å². The Bertz CT molecular complexity index is 720. The van der Waals surface area contributed by atoms with Gasteiger partial charge in [-0.05, 0) is 17.7 Å². The number of nitrogens with zero attached hydrogens (tertiary/aromatic N) is 2. The SMILES string of the molecule is CN(C)c1cc(C(=O)N[C@@H](c2ccccc2)C(F)(F)F)cc(Cl)n1. The van der Waals surface area contributed by atoms with Gasteiger partial charge >= 0.3 is 6.18 Å². The molecule has 0 saturated heterocycles. The fraction of sp³-hybridized carbons (Fsp3) is 0.250. The lowest BCUT2D eigenvalue weighted by Gasteiger charge is -2.22. The molecular formula is C16H15ClF3N3O. The van der Waals surface area contributed by atoms with Crippen LogP contribution in [0.4, 0.5) is 19.0 Å². The Hall–Kier alpha value is -2.28. The minimum absolute atomic E-state index is 0.00359. The second-order valence-electron chi connectivity index (χ2n) is 5.29. The lowest BCUT2D eigenvalue weighted by Crippen LogP contribution is -2.38. The molecule has 1 aromatic carbocycles. The lowest BCUT2D eigenvalue weighted by molar-refractivity contribution is -0.155. The van der Waals surface area contributed by atoms with E-state index in [-0.39, 0.29) is 16.3 Å². The van der Waals surface area contributed by atoms with Crippen LogP contribution >= 0.6 is 11.6 Å². The van der Waals surface area contributed by atoms with Gasteiger partial charge in [0.1, 0.15) is 11.0 Å². The molecule has 8 heteroatoms. The van der Waals surface area contributed by atoms with Crippen molar-refractivity contribution in [2.24, 2.45) is 0 Å². The summed E-state index contributed by atoms with van der Waals surface area (Å²) in [6, 6.07) is 7.67. The summed E-state index contributed by atoms with van der Waals surface area (Å²) in [5, 5.41) is 2.04. The number of rotatable bonds is 4. The normalized spacial score (nSPS) is 12.6. The molecule has 2 rings (SSSR count). The van der Waals surface area contributed by atoms with Crippen molar-refractivity contribution >= 4 is 23.3 Å². The van der Waals surface area contributed by atoms with E-state index in [1.807, 2.05) is 5.32 Å². The average molecular weight is 358 g/mol. The summed E-state index contributed by atoms with van der Waals surface area (Å²) in [6.45, 7) is 0. The maximum absolute atomic E-state index is 13.3. The van der Waals surface area contributed by atoms with E-state index in [0.717, 1.165) is 0 Å². The number of pyridine rings is 1. The number of aromatic nitrogens is 1. The maximum atomic E-state index is 13.3. The molecule has 0 aliphatic heterocycles. The predicted octanol–water partition coefficient (Wildman–Crippen LogP) is 3.83. The fourth-order valence-corrected chi connectivity index (χ4v) is 2.26. The van der Waals surface area contributed by atoms with Crippen LogP contribution in [0.25, 0.3) is 0 Å². The van der Waals surface area contributed by atoms with Gasteiger partial charge < -0.3 is 10.2 Å². The Morgan fingerprint density at radius 2 is 1.83 bits per heavy atom. The molecule has 1 atom stereocenters. The number of hydrogen-bond donors (Lipinski definition) is 1. The molecule has 1 aromatic heterocycles. The second-order valence-corrected chi connectivity index (χ2v) is 5.68. The van der Waals surface area contributed by atoms with Crippen molar-refractivity contribution in [2.45, 2.75) is 12.2 Å². The van der Waals surface area contributed by atoms with E-state index in [1.54, 1.807) is 25.1 Å². The van der Waals surface area contributed by atoms with Crippen LogP contribution in [0.3, 0.4) is 0 Å². The largest absolute Gasteiger partial charge is 0.412 e. The highest BCUT2D eigenvalue weighted by molar-refractivity contribution is 6.29. The van der Waals surface area contributed by atoms with Crippen LogP contribution in [-0.4, -0.2) is 31.2 Å². The van der Waals surface area contributed by atoms with Gasteiger partial charge in [0.05, 0.1) is 0 Å². The fourth-order valence-electron chi connectivity index (χ4n) is 2.06. The molecule has 4 nitrogen and oxygen atoms in total. The van der Waals surface area contributed by atoms with E-state index in [4.69, 9.17) is 11.6 Å². The van der Waals surface area contributed by atoms with Crippen molar-refractivity contribution in [3.63, 3.8) is 0 Å². The molecule has 1 amide bonds. The molecule has 1 heterocycles. The van der Waals surface area contributed by atoms with Gasteiger partial charge in [0.15, 0.2) is 6.04 Å². The molecule has 0 bridgehead atoms. The first-order valence-electron chi connectivity index (χ1n) is 6.96. The van der Waals surface area contributed by atoms with Crippen molar-refractivity contribution in [3.05, 3.63) is 58.7 Å². The predicted molar refractivity (Wildman–Crippen MR) is 86.3 cm³/mol. The van der Waals surface area contributed by atoms with Crippen LogP contribution in [0.5, 0.6) is 0 Å². The quantitative estimate of drug-likeness (QED) is 0.846. The third-order valence-corrected chi connectivity index (χ3v) is 3.43. The Kier molecular flexibility index (Phi) is 5.33. The molecule has 24 heavy (non-hydrogen) atoms. The van der Waals surface area contributed by atoms with Crippen LogP contribution in [0, 0.1) is 0 Å². The summed E-state index contributed by atoms with van der Waals surface area (Å²) in [5.74, 6) is -0.510. The highest BCUT2D eigenvalue weighted by atomic mass is 35.5. The van der Waals surface area contributed by atoms with Gasteiger partial charge in [0.2, 0.25) is 0 Å². The summed E-state index contributed by atoms with van der Waals surface area (Å²) < 4.78 is 39.9. The van der Waals surface area contributed by atoms with Crippen molar-refractivity contribution in [2.75, 3.05) is 19.0 Å². The molecule has 0 spiro atoms. The Morgan fingerprint density at radius 1 is 1.21 bits per heavy atom. The van der Waals surface area contributed by atoms with E-state index in [1.165, 1.54) is 36.4 Å². The molecule has 0 aliphatic rings. The number of carbonyl (C=O) groups is 1. The summed E-state index contributed by atoms with van der Waals surface area (Å²) in [7, 11) is 3.37. The first kappa shape index (κ1) is 18.1. The third kappa shape index (κ3) is 4.38. The first-order valence-corrected chi connectivity index (χ1v) is 7.33. The second kappa shape index (κ2) is 7.09. The van der Waals surface area contributed by atoms with Gasteiger partial charge in [-0.3, -0.25) is 4.79 Å². The number of carbonyl (C=O) groups excluding carboxylic acids is 1. The summed E-state index contributed by atoms with van der Waals surface area (Å²) in [4.78, 5) is 17.9. The van der Waals surface area contributed by atoms with E-state index in [0.29, 0.717) is 5.82 Å². The Morgan fingerprint density at radius 3 is 2.38 bits per heavy atom. The van der Waals surface area contributed by atoms with Gasteiger partial charge in [-0.25, -0.2) is 4.98 Å². The first-order chi connectivity index (χ1) is 11.2. The summed E-state index contributed by atoms with van der Waals surface area (Å²) >= 11 is 5.84. The summed E-state index contributed by atoms with van der Waals surface area (Å²) in [6.07, 6.45) is -4.63. The number of anilines is 1. The topological polar surface area (TPSA) is 45.2 Å². The monoisotopic (exact) mass is 357 g/mol. The van der Waals surface area contributed by atoms with Crippen molar-refractivity contribution < 1.29 is 18.0 Å². The average Bonchev–Trinajstić information content (AvgIpc) is 2.51. The zero-order valence-electron chi connectivity index (χ0n) is 12.9. The van der Waals surface area contributed by atoms with E-state index < -0.39 is 18.1 Å². The lowest BCUT2D eigenvalue weighted by atomic mass is 10.1. The summed E-state index contributed by atoms with van der Waals surface area (Å²) in [5.41, 5.74) is -0.0461. The number of hydrogen-bond acceptors (Lipinski definition) is 3. The van der Waals surface area contributed by atoms with Crippen LogP contribution < -0.4 is 10.2 Å².